The van der Waals surface area contributed by atoms with Gasteiger partial charge < -0.3 is 25.6 Å². The minimum absolute atomic E-state index is 0.210. The van der Waals surface area contributed by atoms with E-state index in [1.54, 1.807) is 18.2 Å². The van der Waals surface area contributed by atoms with Crippen molar-refractivity contribution in [3.05, 3.63) is 23.8 Å². The zero-order chi connectivity index (χ0) is 14.6. The van der Waals surface area contributed by atoms with Crippen molar-refractivity contribution in [1.82, 2.24) is 5.32 Å². The van der Waals surface area contributed by atoms with Crippen molar-refractivity contribution in [2.24, 2.45) is 0 Å². The van der Waals surface area contributed by atoms with Gasteiger partial charge in [-0.25, -0.2) is 0 Å². The van der Waals surface area contributed by atoms with Gasteiger partial charge in [0.2, 0.25) is 0 Å². The van der Waals surface area contributed by atoms with Crippen LogP contribution in [-0.4, -0.2) is 43.5 Å². The molecule has 0 aromatic heterocycles. The normalized spacial score (nSPS) is 17.5. The van der Waals surface area contributed by atoms with E-state index in [1.807, 2.05) is 0 Å². The first kappa shape index (κ1) is 14.6. The van der Waals surface area contributed by atoms with Gasteiger partial charge in [0.1, 0.15) is 5.75 Å². The van der Waals surface area contributed by atoms with Crippen molar-refractivity contribution in [2.75, 3.05) is 32.6 Å². The van der Waals surface area contributed by atoms with Gasteiger partial charge in [0.05, 0.1) is 18.4 Å². The number of amides is 1. The predicted octanol–water partition coefficient (Wildman–Crippen LogP) is 0.549. The number of hydrogen-bond acceptors (Lipinski definition) is 5. The fourth-order valence-electron chi connectivity index (χ4n) is 2.13. The number of aliphatic hydroxyl groups is 1. The average Bonchev–Trinajstić information content (AvgIpc) is 2.46. The molecule has 0 radical (unpaired) electrons. The van der Waals surface area contributed by atoms with Gasteiger partial charge in [0, 0.05) is 38.2 Å². The van der Waals surface area contributed by atoms with Crippen molar-refractivity contribution in [1.29, 1.82) is 0 Å². The zero-order valence-corrected chi connectivity index (χ0v) is 11.5. The van der Waals surface area contributed by atoms with E-state index in [-0.39, 0.29) is 12.5 Å². The molecule has 20 heavy (non-hydrogen) atoms. The van der Waals surface area contributed by atoms with Crippen molar-refractivity contribution in [3.8, 4) is 5.75 Å². The largest absolute Gasteiger partial charge is 0.495 e. The summed E-state index contributed by atoms with van der Waals surface area (Å²) in [6.07, 6.45) is 1.05. The molecule has 0 spiro atoms. The van der Waals surface area contributed by atoms with Gasteiger partial charge in [0.15, 0.2) is 0 Å². The summed E-state index contributed by atoms with van der Waals surface area (Å²) in [6, 6.07) is 4.83. The fraction of sp³-hybridized carbons (Fsp3) is 0.500. The molecule has 4 N–H and O–H groups in total. The van der Waals surface area contributed by atoms with Crippen LogP contribution in [0.15, 0.2) is 18.2 Å². The summed E-state index contributed by atoms with van der Waals surface area (Å²) in [5.74, 6) is 0.200. The number of carbonyl (C=O) groups excluding carboxylic acids is 1. The third-order valence-electron chi connectivity index (χ3n) is 3.50. The summed E-state index contributed by atoms with van der Waals surface area (Å²) < 4.78 is 10.3. The first-order valence-electron chi connectivity index (χ1n) is 6.56. The third kappa shape index (κ3) is 3.40. The number of methoxy groups -OCH3 is 1. The van der Waals surface area contributed by atoms with Gasteiger partial charge in [0.25, 0.3) is 5.91 Å². The third-order valence-corrected chi connectivity index (χ3v) is 3.50. The monoisotopic (exact) mass is 280 g/mol. The van der Waals surface area contributed by atoms with Crippen molar-refractivity contribution >= 4 is 11.6 Å². The van der Waals surface area contributed by atoms with Crippen LogP contribution in [0.3, 0.4) is 0 Å². The van der Waals surface area contributed by atoms with Gasteiger partial charge in [-0.1, -0.05) is 0 Å². The van der Waals surface area contributed by atoms with Crippen molar-refractivity contribution in [3.63, 3.8) is 0 Å². The second-order valence-electron chi connectivity index (χ2n) is 4.98. The Morgan fingerprint density at radius 2 is 2.20 bits per heavy atom. The second-order valence-corrected chi connectivity index (χ2v) is 4.98. The molecule has 1 amide bonds. The Morgan fingerprint density at radius 1 is 1.50 bits per heavy atom. The maximum Gasteiger partial charge on any atom is 0.251 e. The lowest BCUT2D eigenvalue weighted by molar-refractivity contribution is -0.0605. The van der Waals surface area contributed by atoms with Crippen LogP contribution in [-0.2, 0) is 4.74 Å². The second kappa shape index (κ2) is 6.11. The quantitative estimate of drug-likeness (QED) is 0.700. The van der Waals surface area contributed by atoms with Crippen LogP contribution in [0.4, 0.5) is 5.69 Å². The number of nitrogens with two attached hydrogens (primary N) is 1. The lowest BCUT2D eigenvalue weighted by Gasteiger charge is -2.32. The molecular weight excluding hydrogens is 260 g/mol. The van der Waals surface area contributed by atoms with Crippen molar-refractivity contribution < 1.29 is 19.4 Å². The molecule has 1 fully saturated rings. The van der Waals surface area contributed by atoms with Gasteiger partial charge in [-0.3, -0.25) is 4.79 Å². The smallest absolute Gasteiger partial charge is 0.251 e. The van der Waals surface area contributed by atoms with E-state index < -0.39 is 5.60 Å². The number of benzene rings is 1. The van der Waals surface area contributed by atoms with Gasteiger partial charge in [-0.15, -0.1) is 0 Å². The first-order chi connectivity index (χ1) is 9.54. The van der Waals surface area contributed by atoms with Gasteiger partial charge >= 0.3 is 0 Å². The van der Waals surface area contributed by atoms with E-state index in [9.17, 15) is 9.90 Å². The van der Waals surface area contributed by atoms with Crippen LogP contribution in [0.2, 0.25) is 0 Å². The minimum Gasteiger partial charge on any atom is -0.495 e. The maximum absolute atomic E-state index is 12.1. The summed E-state index contributed by atoms with van der Waals surface area (Å²) in [6.45, 7) is 1.24. The minimum atomic E-state index is -0.883. The highest BCUT2D eigenvalue weighted by molar-refractivity contribution is 5.95. The summed E-state index contributed by atoms with van der Waals surface area (Å²) >= 11 is 0. The number of carbonyl (C=O) groups is 1. The standard InChI is InChI=1S/C14H20N2O4/c1-19-12-8-10(2-3-11(12)15)13(17)16-9-14(18)4-6-20-7-5-14/h2-3,8,18H,4-7,9,15H2,1H3,(H,16,17). The Labute approximate surface area is 117 Å². The molecule has 1 saturated heterocycles. The van der Waals surface area contributed by atoms with Crippen LogP contribution >= 0.6 is 0 Å². The zero-order valence-electron chi connectivity index (χ0n) is 11.5. The summed E-state index contributed by atoms with van der Waals surface area (Å²) in [5.41, 5.74) is 5.75. The van der Waals surface area contributed by atoms with E-state index in [2.05, 4.69) is 5.32 Å². The molecule has 6 heteroatoms. The molecule has 1 aliphatic heterocycles. The molecule has 1 aliphatic rings. The molecule has 0 unspecified atom stereocenters. The van der Waals surface area contributed by atoms with Crippen molar-refractivity contribution in [2.45, 2.75) is 18.4 Å². The Balaban J connectivity index is 1.98. The SMILES string of the molecule is COc1cc(C(=O)NCC2(O)CCOCC2)ccc1N. The Hall–Kier alpha value is -1.79. The van der Waals surface area contributed by atoms with E-state index >= 15 is 0 Å². The molecule has 1 aromatic rings. The lowest BCUT2D eigenvalue weighted by Crippen LogP contribution is -2.46. The van der Waals surface area contributed by atoms with Crippen LogP contribution in [0, 0.1) is 0 Å². The highest BCUT2D eigenvalue weighted by Crippen LogP contribution is 2.23. The average molecular weight is 280 g/mol. The Morgan fingerprint density at radius 3 is 2.85 bits per heavy atom. The molecule has 2 rings (SSSR count). The lowest BCUT2D eigenvalue weighted by atomic mass is 9.94. The van der Waals surface area contributed by atoms with E-state index in [0.717, 1.165) is 0 Å². The molecule has 110 valence electrons. The van der Waals surface area contributed by atoms with Crippen LogP contribution < -0.4 is 15.8 Å². The van der Waals surface area contributed by atoms with Gasteiger partial charge in [-0.2, -0.15) is 0 Å². The van der Waals surface area contributed by atoms with Gasteiger partial charge in [-0.05, 0) is 18.2 Å². The van der Waals surface area contributed by atoms with E-state index in [0.29, 0.717) is 43.1 Å². The number of rotatable bonds is 4. The summed E-state index contributed by atoms with van der Waals surface area (Å²) in [5, 5.41) is 13.0. The highest BCUT2D eigenvalue weighted by atomic mass is 16.5. The first-order valence-corrected chi connectivity index (χ1v) is 6.56. The molecule has 0 aliphatic carbocycles. The number of nitrogen functional groups attached to an aromatic ring is 1. The molecule has 1 heterocycles. The summed E-state index contributed by atoms with van der Waals surface area (Å²) in [4.78, 5) is 12.1. The predicted molar refractivity (Wildman–Crippen MR) is 74.7 cm³/mol. The summed E-state index contributed by atoms with van der Waals surface area (Å²) in [7, 11) is 1.50. The highest BCUT2D eigenvalue weighted by Gasteiger charge is 2.30. The molecule has 0 atom stereocenters. The number of anilines is 1. The fourth-order valence-corrected chi connectivity index (χ4v) is 2.13. The number of hydrogen-bond donors (Lipinski definition) is 3. The molecular formula is C14H20N2O4. The van der Waals surface area contributed by atoms with E-state index in [1.165, 1.54) is 7.11 Å². The topological polar surface area (TPSA) is 93.8 Å². The number of nitrogens with one attached hydrogen (secondary N) is 1. The Bertz CT molecular complexity index is 484. The maximum atomic E-state index is 12.1. The molecule has 0 saturated carbocycles. The van der Waals surface area contributed by atoms with Crippen LogP contribution in [0.1, 0.15) is 23.2 Å². The van der Waals surface area contributed by atoms with E-state index in [4.69, 9.17) is 15.2 Å². The molecule has 1 aromatic carbocycles. The number of ether oxygens (including phenoxy) is 2. The Kier molecular flexibility index (Phi) is 4.46. The van der Waals surface area contributed by atoms with Crippen LogP contribution in [0.25, 0.3) is 0 Å². The molecule has 6 nitrogen and oxygen atoms in total. The molecule has 0 bridgehead atoms. The van der Waals surface area contributed by atoms with Crippen LogP contribution in [0.5, 0.6) is 5.75 Å².